The average molecular weight is 296 g/mol. The standard InChI is InChI=1S/C15H24N2O4/c1-12-13(15(18)20-3)6-7-14(17-12)16-8-4-5-9-21-11-10-19-2/h6-7H,4-5,8-11H2,1-3H3,(H,16,17). The second kappa shape index (κ2) is 10.1. The second-order valence-corrected chi connectivity index (χ2v) is 4.56. The number of aromatic nitrogens is 1. The van der Waals surface area contributed by atoms with Crippen LogP contribution in [-0.2, 0) is 14.2 Å². The SMILES string of the molecule is COCCOCCCCNc1ccc(C(=O)OC)c(C)n1. The number of unbranched alkanes of at least 4 members (excludes halogenated alkanes) is 1. The van der Waals surface area contributed by atoms with Gasteiger partial charge in [-0.05, 0) is 31.9 Å². The number of carbonyl (C=O) groups is 1. The summed E-state index contributed by atoms with van der Waals surface area (Å²) in [4.78, 5) is 15.8. The van der Waals surface area contributed by atoms with Crippen molar-refractivity contribution >= 4 is 11.8 Å². The largest absolute Gasteiger partial charge is 0.465 e. The zero-order chi connectivity index (χ0) is 15.5. The Kier molecular flexibility index (Phi) is 8.38. The van der Waals surface area contributed by atoms with E-state index in [0.29, 0.717) is 24.5 Å². The van der Waals surface area contributed by atoms with Gasteiger partial charge in [0.2, 0.25) is 0 Å². The number of methoxy groups -OCH3 is 2. The molecule has 0 fully saturated rings. The van der Waals surface area contributed by atoms with Crippen LogP contribution in [0.4, 0.5) is 5.82 Å². The summed E-state index contributed by atoms with van der Waals surface area (Å²) in [6, 6.07) is 3.51. The van der Waals surface area contributed by atoms with E-state index >= 15 is 0 Å². The van der Waals surface area contributed by atoms with Crippen LogP contribution in [0.2, 0.25) is 0 Å². The lowest BCUT2D eigenvalue weighted by atomic mass is 10.2. The maximum Gasteiger partial charge on any atom is 0.339 e. The first-order chi connectivity index (χ1) is 10.2. The highest BCUT2D eigenvalue weighted by molar-refractivity contribution is 5.90. The van der Waals surface area contributed by atoms with E-state index in [2.05, 4.69) is 15.0 Å². The predicted molar refractivity (Wildman–Crippen MR) is 80.7 cm³/mol. The molecule has 21 heavy (non-hydrogen) atoms. The van der Waals surface area contributed by atoms with Gasteiger partial charge in [0.15, 0.2) is 0 Å². The van der Waals surface area contributed by atoms with Crippen LogP contribution in [0.25, 0.3) is 0 Å². The van der Waals surface area contributed by atoms with E-state index in [4.69, 9.17) is 9.47 Å². The quantitative estimate of drug-likeness (QED) is 0.526. The molecule has 0 atom stereocenters. The van der Waals surface area contributed by atoms with Crippen molar-refractivity contribution in [3.05, 3.63) is 23.4 Å². The third-order valence-corrected chi connectivity index (χ3v) is 2.94. The Morgan fingerprint density at radius 3 is 2.67 bits per heavy atom. The molecule has 1 aromatic heterocycles. The molecule has 0 amide bonds. The van der Waals surface area contributed by atoms with Crippen molar-refractivity contribution in [3.8, 4) is 0 Å². The third-order valence-electron chi connectivity index (χ3n) is 2.94. The van der Waals surface area contributed by atoms with Crippen LogP contribution < -0.4 is 5.32 Å². The summed E-state index contributed by atoms with van der Waals surface area (Å²) in [5.74, 6) is 0.403. The fourth-order valence-electron chi connectivity index (χ4n) is 1.78. The molecule has 6 heteroatoms. The molecule has 0 aliphatic carbocycles. The highest BCUT2D eigenvalue weighted by Crippen LogP contribution is 2.11. The first kappa shape index (κ1) is 17.4. The smallest absolute Gasteiger partial charge is 0.339 e. The van der Waals surface area contributed by atoms with Crippen LogP contribution in [0, 0.1) is 6.92 Å². The van der Waals surface area contributed by atoms with E-state index < -0.39 is 0 Å². The normalized spacial score (nSPS) is 10.4. The zero-order valence-electron chi connectivity index (χ0n) is 13.0. The van der Waals surface area contributed by atoms with Crippen molar-refractivity contribution < 1.29 is 19.0 Å². The summed E-state index contributed by atoms with van der Waals surface area (Å²) in [7, 11) is 3.02. The van der Waals surface area contributed by atoms with Gasteiger partial charge in [0, 0.05) is 20.3 Å². The van der Waals surface area contributed by atoms with E-state index in [-0.39, 0.29) is 5.97 Å². The molecular formula is C15H24N2O4. The molecule has 1 heterocycles. The lowest BCUT2D eigenvalue weighted by Crippen LogP contribution is -2.09. The molecule has 6 nitrogen and oxygen atoms in total. The first-order valence-corrected chi connectivity index (χ1v) is 7.05. The van der Waals surface area contributed by atoms with E-state index in [1.165, 1.54) is 7.11 Å². The number of aryl methyl sites for hydroxylation is 1. The molecule has 0 saturated carbocycles. The van der Waals surface area contributed by atoms with Gasteiger partial charge in [-0.25, -0.2) is 9.78 Å². The minimum Gasteiger partial charge on any atom is -0.465 e. The number of nitrogens with one attached hydrogen (secondary N) is 1. The topological polar surface area (TPSA) is 69.7 Å². The number of ether oxygens (including phenoxy) is 3. The maximum atomic E-state index is 11.4. The highest BCUT2D eigenvalue weighted by Gasteiger charge is 2.10. The molecule has 0 aliphatic rings. The molecule has 0 aliphatic heterocycles. The van der Waals surface area contributed by atoms with Crippen molar-refractivity contribution in [2.75, 3.05) is 45.9 Å². The van der Waals surface area contributed by atoms with Crippen LogP contribution in [0.5, 0.6) is 0 Å². The highest BCUT2D eigenvalue weighted by atomic mass is 16.5. The molecular weight excluding hydrogens is 272 g/mol. The fourth-order valence-corrected chi connectivity index (χ4v) is 1.78. The first-order valence-electron chi connectivity index (χ1n) is 7.05. The Morgan fingerprint density at radius 1 is 1.19 bits per heavy atom. The Morgan fingerprint density at radius 2 is 2.00 bits per heavy atom. The molecule has 0 saturated heterocycles. The zero-order valence-corrected chi connectivity index (χ0v) is 13.0. The summed E-state index contributed by atoms with van der Waals surface area (Å²) in [5, 5.41) is 3.23. The van der Waals surface area contributed by atoms with Gasteiger partial charge >= 0.3 is 5.97 Å². The summed E-state index contributed by atoms with van der Waals surface area (Å²) in [6.45, 7) is 4.62. The Hall–Kier alpha value is -1.66. The van der Waals surface area contributed by atoms with Crippen molar-refractivity contribution in [3.63, 3.8) is 0 Å². The molecule has 0 spiro atoms. The molecule has 0 aromatic carbocycles. The van der Waals surface area contributed by atoms with Crippen LogP contribution in [0.3, 0.4) is 0 Å². The van der Waals surface area contributed by atoms with E-state index in [0.717, 1.165) is 31.8 Å². The monoisotopic (exact) mass is 296 g/mol. The van der Waals surface area contributed by atoms with Gasteiger partial charge in [-0.3, -0.25) is 0 Å². The maximum absolute atomic E-state index is 11.4. The number of nitrogens with zero attached hydrogens (tertiary/aromatic N) is 1. The van der Waals surface area contributed by atoms with Gasteiger partial charge in [-0.1, -0.05) is 0 Å². The van der Waals surface area contributed by atoms with Crippen molar-refractivity contribution in [2.24, 2.45) is 0 Å². The minimum absolute atomic E-state index is 0.361. The van der Waals surface area contributed by atoms with Crippen molar-refractivity contribution in [1.82, 2.24) is 4.98 Å². The van der Waals surface area contributed by atoms with E-state index in [1.807, 2.05) is 0 Å². The van der Waals surface area contributed by atoms with Gasteiger partial charge in [-0.2, -0.15) is 0 Å². The van der Waals surface area contributed by atoms with Crippen LogP contribution >= 0.6 is 0 Å². The van der Waals surface area contributed by atoms with E-state index in [1.54, 1.807) is 26.2 Å². The van der Waals surface area contributed by atoms with Gasteiger partial charge in [0.05, 0.1) is 31.6 Å². The molecule has 0 bridgehead atoms. The van der Waals surface area contributed by atoms with Crippen LogP contribution in [0.1, 0.15) is 28.9 Å². The molecule has 118 valence electrons. The molecule has 1 aromatic rings. The Labute approximate surface area is 125 Å². The van der Waals surface area contributed by atoms with Gasteiger partial charge in [-0.15, -0.1) is 0 Å². The Balaban J connectivity index is 2.24. The third kappa shape index (κ3) is 6.55. The van der Waals surface area contributed by atoms with Crippen LogP contribution in [0.15, 0.2) is 12.1 Å². The number of rotatable bonds is 10. The molecule has 1 N–H and O–H groups in total. The number of hydrogen-bond donors (Lipinski definition) is 1. The fraction of sp³-hybridized carbons (Fsp3) is 0.600. The van der Waals surface area contributed by atoms with Crippen molar-refractivity contribution in [1.29, 1.82) is 0 Å². The molecule has 1 rings (SSSR count). The lowest BCUT2D eigenvalue weighted by molar-refractivity contribution is 0.0599. The predicted octanol–water partition coefficient (Wildman–Crippen LogP) is 2.03. The van der Waals surface area contributed by atoms with Gasteiger partial charge in [0.25, 0.3) is 0 Å². The number of esters is 1. The number of pyridine rings is 1. The number of carbonyl (C=O) groups excluding carboxylic acids is 1. The van der Waals surface area contributed by atoms with Crippen molar-refractivity contribution in [2.45, 2.75) is 19.8 Å². The van der Waals surface area contributed by atoms with E-state index in [9.17, 15) is 4.79 Å². The lowest BCUT2D eigenvalue weighted by Gasteiger charge is -2.09. The second-order valence-electron chi connectivity index (χ2n) is 4.56. The van der Waals surface area contributed by atoms with Crippen LogP contribution in [-0.4, -0.2) is 51.5 Å². The summed E-state index contributed by atoms with van der Waals surface area (Å²) in [5.41, 5.74) is 1.16. The Bertz CT molecular complexity index is 438. The molecule has 0 unspecified atom stereocenters. The summed E-state index contributed by atoms with van der Waals surface area (Å²) < 4.78 is 15.0. The minimum atomic E-state index is -0.361. The molecule has 0 radical (unpaired) electrons. The summed E-state index contributed by atoms with van der Waals surface area (Å²) in [6.07, 6.45) is 1.97. The summed E-state index contributed by atoms with van der Waals surface area (Å²) >= 11 is 0. The number of hydrogen-bond acceptors (Lipinski definition) is 6. The average Bonchev–Trinajstić information content (AvgIpc) is 2.49. The number of anilines is 1. The van der Waals surface area contributed by atoms with Gasteiger partial charge < -0.3 is 19.5 Å². The van der Waals surface area contributed by atoms with Gasteiger partial charge in [0.1, 0.15) is 5.82 Å².